The molecule has 0 aliphatic carbocycles. The van der Waals surface area contributed by atoms with Crippen LogP contribution in [0.5, 0.6) is 0 Å². The fraction of sp³-hybridized carbons (Fsp3) is 0.357. The first kappa shape index (κ1) is 15.0. The molecule has 0 spiro atoms. The van der Waals surface area contributed by atoms with Crippen LogP contribution in [0.15, 0.2) is 35.6 Å². The Bertz CT molecular complexity index is 575. The number of hydrogen-bond donors (Lipinski definition) is 1. The first-order chi connectivity index (χ1) is 9.13. The summed E-state index contributed by atoms with van der Waals surface area (Å²) in [7, 11) is 0. The van der Waals surface area contributed by atoms with Crippen LogP contribution >= 0.6 is 11.8 Å². The van der Waals surface area contributed by atoms with E-state index in [0.29, 0.717) is 17.6 Å². The Morgan fingerprint density at radius 2 is 1.80 bits per heavy atom. The second-order valence-electron chi connectivity index (χ2n) is 4.97. The molecular formula is C14H13F3O2S. The van der Waals surface area contributed by atoms with Crippen molar-refractivity contribution in [1.82, 2.24) is 0 Å². The molecule has 0 saturated carbocycles. The Hall–Kier alpha value is -1.43. The number of hydrogen-bond acceptors (Lipinski definition) is 3. The lowest BCUT2D eigenvalue weighted by atomic mass is 9.96. The molecular weight excluding hydrogens is 289 g/mol. The van der Waals surface area contributed by atoms with Gasteiger partial charge in [0.2, 0.25) is 5.12 Å². The molecule has 0 bridgehead atoms. The molecule has 6 heteroatoms. The van der Waals surface area contributed by atoms with Gasteiger partial charge in [-0.05, 0) is 38.0 Å². The minimum absolute atomic E-state index is 0.00685. The molecule has 2 rings (SSSR count). The highest BCUT2D eigenvalue weighted by Crippen LogP contribution is 2.44. The minimum Gasteiger partial charge on any atom is -0.510 e. The van der Waals surface area contributed by atoms with Crippen molar-refractivity contribution in [3.8, 4) is 0 Å². The van der Waals surface area contributed by atoms with E-state index in [4.69, 9.17) is 0 Å². The van der Waals surface area contributed by atoms with E-state index in [1.54, 1.807) is 13.8 Å². The second kappa shape index (κ2) is 4.84. The average Bonchev–Trinajstić information content (AvgIpc) is 2.53. The van der Waals surface area contributed by atoms with Gasteiger partial charge < -0.3 is 5.11 Å². The molecule has 1 unspecified atom stereocenters. The lowest BCUT2D eigenvalue weighted by molar-refractivity contribution is -0.137. The number of rotatable bonds is 2. The zero-order valence-electron chi connectivity index (χ0n) is 10.9. The zero-order valence-corrected chi connectivity index (χ0v) is 11.7. The number of thioether (sulfide) groups is 1. The third kappa shape index (κ3) is 2.70. The van der Waals surface area contributed by atoms with Gasteiger partial charge in [0, 0.05) is 5.57 Å². The van der Waals surface area contributed by atoms with Crippen molar-refractivity contribution in [2.24, 2.45) is 0 Å². The summed E-state index contributed by atoms with van der Waals surface area (Å²) in [4.78, 5) is 11.6. The average molecular weight is 302 g/mol. The number of carbonyl (C=O) groups excluding carboxylic acids is 1. The molecule has 0 radical (unpaired) electrons. The molecule has 1 aliphatic rings. The lowest BCUT2D eigenvalue weighted by Crippen LogP contribution is -2.24. The van der Waals surface area contributed by atoms with E-state index in [-0.39, 0.29) is 10.9 Å². The highest BCUT2D eigenvalue weighted by atomic mass is 32.2. The molecule has 20 heavy (non-hydrogen) atoms. The highest BCUT2D eigenvalue weighted by molar-refractivity contribution is 8.15. The molecule has 1 heterocycles. The van der Waals surface area contributed by atoms with Crippen LogP contribution in [0.3, 0.4) is 0 Å². The van der Waals surface area contributed by atoms with Crippen LogP contribution in [-0.2, 0) is 17.4 Å². The lowest BCUT2D eigenvalue weighted by Gasteiger charge is -2.22. The first-order valence-electron chi connectivity index (χ1n) is 5.93. The number of benzene rings is 1. The Morgan fingerprint density at radius 3 is 2.20 bits per heavy atom. The smallest absolute Gasteiger partial charge is 0.416 e. The van der Waals surface area contributed by atoms with Gasteiger partial charge in [0.1, 0.15) is 5.76 Å². The standard InChI is InChI=1S/C14H13F3O2S/c1-8-11(18)13(2,20-12(8)19)7-9-3-5-10(6-4-9)14(15,16)17/h3-6,18H,7H2,1-2H3. The number of aliphatic hydroxyl groups excluding tert-OH is 1. The van der Waals surface area contributed by atoms with Crippen LogP contribution in [0.25, 0.3) is 0 Å². The normalized spacial score (nSPS) is 23.6. The van der Waals surface area contributed by atoms with E-state index in [1.807, 2.05) is 0 Å². The van der Waals surface area contributed by atoms with Crippen LogP contribution in [0.1, 0.15) is 25.0 Å². The van der Waals surface area contributed by atoms with E-state index >= 15 is 0 Å². The Morgan fingerprint density at radius 1 is 1.25 bits per heavy atom. The van der Waals surface area contributed by atoms with Gasteiger partial charge in [-0.1, -0.05) is 23.9 Å². The topological polar surface area (TPSA) is 37.3 Å². The van der Waals surface area contributed by atoms with Gasteiger partial charge in [0.15, 0.2) is 0 Å². The second-order valence-corrected chi connectivity index (χ2v) is 6.44. The van der Waals surface area contributed by atoms with Gasteiger partial charge in [-0.2, -0.15) is 13.2 Å². The summed E-state index contributed by atoms with van der Waals surface area (Å²) >= 11 is 1.00. The highest BCUT2D eigenvalue weighted by Gasteiger charge is 2.41. The largest absolute Gasteiger partial charge is 0.510 e. The van der Waals surface area contributed by atoms with E-state index in [9.17, 15) is 23.1 Å². The van der Waals surface area contributed by atoms with Gasteiger partial charge in [0.25, 0.3) is 0 Å². The summed E-state index contributed by atoms with van der Waals surface area (Å²) in [5, 5.41) is 9.79. The molecule has 0 amide bonds. The first-order valence-corrected chi connectivity index (χ1v) is 6.75. The summed E-state index contributed by atoms with van der Waals surface area (Å²) in [6, 6.07) is 4.77. The Balaban J connectivity index is 2.22. The molecule has 1 aliphatic heterocycles. The van der Waals surface area contributed by atoms with E-state index in [0.717, 1.165) is 23.9 Å². The van der Waals surface area contributed by atoms with Gasteiger partial charge in [-0.15, -0.1) is 0 Å². The summed E-state index contributed by atoms with van der Waals surface area (Å²) in [5.41, 5.74) is 0.240. The fourth-order valence-corrected chi connectivity index (χ4v) is 3.29. The molecule has 1 aromatic carbocycles. The molecule has 1 atom stereocenters. The third-order valence-corrected chi connectivity index (χ3v) is 4.58. The van der Waals surface area contributed by atoms with Crippen molar-refractivity contribution in [3.05, 3.63) is 46.7 Å². The maximum Gasteiger partial charge on any atom is 0.416 e. The van der Waals surface area contributed by atoms with Crippen LogP contribution in [0, 0.1) is 0 Å². The predicted molar refractivity (Wildman–Crippen MR) is 71.5 cm³/mol. The van der Waals surface area contributed by atoms with E-state index < -0.39 is 16.5 Å². The summed E-state index contributed by atoms with van der Waals surface area (Å²) in [5.74, 6) is 0.00685. The van der Waals surface area contributed by atoms with Crippen LogP contribution in [-0.4, -0.2) is 15.0 Å². The molecule has 0 fully saturated rings. The zero-order chi connectivity index (χ0) is 15.1. The van der Waals surface area contributed by atoms with Crippen LogP contribution in [0.4, 0.5) is 13.2 Å². The Kier molecular flexibility index (Phi) is 3.62. The van der Waals surface area contributed by atoms with Crippen molar-refractivity contribution in [1.29, 1.82) is 0 Å². The SMILES string of the molecule is CC1=C(O)C(C)(Cc2ccc(C(F)(F)F)cc2)SC1=O. The molecule has 0 aromatic heterocycles. The monoisotopic (exact) mass is 302 g/mol. The maximum atomic E-state index is 12.5. The van der Waals surface area contributed by atoms with Crippen molar-refractivity contribution < 1.29 is 23.1 Å². The van der Waals surface area contributed by atoms with Crippen LogP contribution in [0.2, 0.25) is 0 Å². The minimum atomic E-state index is -4.36. The van der Waals surface area contributed by atoms with Crippen molar-refractivity contribution in [2.75, 3.05) is 0 Å². The number of aliphatic hydroxyl groups is 1. The predicted octanol–water partition coefficient (Wildman–Crippen LogP) is 4.11. The molecule has 1 aromatic rings. The van der Waals surface area contributed by atoms with Crippen molar-refractivity contribution in [3.63, 3.8) is 0 Å². The van der Waals surface area contributed by atoms with Gasteiger partial charge in [0.05, 0.1) is 10.3 Å². The summed E-state index contributed by atoms with van der Waals surface area (Å²) in [6.45, 7) is 3.25. The van der Waals surface area contributed by atoms with Gasteiger partial charge in [-0.25, -0.2) is 0 Å². The quantitative estimate of drug-likeness (QED) is 0.893. The summed E-state index contributed by atoms with van der Waals surface area (Å²) in [6.07, 6.45) is -4.07. The van der Waals surface area contributed by atoms with Crippen molar-refractivity contribution in [2.45, 2.75) is 31.2 Å². The third-order valence-electron chi connectivity index (χ3n) is 3.30. The van der Waals surface area contributed by atoms with E-state index in [1.165, 1.54) is 12.1 Å². The number of alkyl halides is 3. The molecule has 2 nitrogen and oxygen atoms in total. The summed E-state index contributed by atoms with van der Waals surface area (Å²) < 4.78 is 36.6. The number of halogens is 3. The number of carbonyl (C=O) groups is 1. The molecule has 1 N–H and O–H groups in total. The maximum absolute atomic E-state index is 12.5. The fourth-order valence-electron chi connectivity index (χ4n) is 2.14. The molecule has 0 saturated heterocycles. The van der Waals surface area contributed by atoms with Crippen molar-refractivity contribution >= 4 is 16.9 Å². The van der Waals surface area contributed by atoms with E-state index in [2.05, 4.69) is 0 Å². The van der Waals surface area contributed by atoms with Gasteiger partial charge >= 0.3 is 6.18 Å². The van der Waals surface area contributed by atoms with Crippen LogP contribution < -0.4 is 0 Å². The van der Waals surface area contributed by atoms with Gasteiger partial charge in [-0.3, -0.25) is 4.79 Å². The molecule has 108 valence electrons. The Labute approximate surface area is 118 Å².